The predicted octanol–water partition coefficient (Wildman–Crippen LogP) is 1.93. The Morgan fingerprint density at radius 3 is 2.71 bits per heavy atom. The van der Waals surface area contributed by atoms with Gasteiger partial charge in [-0.05, 0) is 50.0 Å². The molecule has 1 aromatic rings. The van der Waals surface area contributed by atoms with Crippen LogP contribution in [0, 0.1) is 6.92 Å². The number of benzene rings is 1. The lowest BCUT2D eigenvalue weighted by Crippen LogP contribution is -2.25. The van der Waals surface area contributed by atoms with E-state index >= 15 is 0 Å². The topological polar surface area (TPSA) is 38.5 Å². The van der Waals surface area contributed by atoms with E-state index in [0.717, 1.165) is 24.5 Å². The fourth-order valence-electron chi connectivity index (χ4n) is 2.29. The van der Waals surface area contributed by atoms with Crippen LogP contribution in [0.1, 0.15) is 24.0 Å². The Morgan fingerprint density at radius 1 is 1.29 bits per heavy atom. The molecule has 1 aliphatic heterocycles. The van der Waals surface area contributed by atoms with Crippen molar-refractivity contribution < 1.29 is 4.74 Å². The molecule has 1 saturated heterocycles. The SMILES string of the molecule is Cc1cc(CN)ccc1OCCN1CCCC1. The van der Waals surface area contributed by atoms with Gasteiger partial charge in [0.25, 0.3) is 0 Å². The molecule has 94 valence electrons. The molecular formula is C14H22N2O. The summed E-state index contributed by atoms with van der Waals surface area (Å²) in [5.74, 6) is 0.987. The van der Waals surface area contributed by atoms with Crippen molar-refractivity contribution in [1.29, 1.82) is 0 Å². The van der Waals surface area contributed by atoms with Gasteiger partial charge in [-0.3, -0.25) is 4.90 Å². The molecule has 2 N–H and O–H groups in total. The van der Waals surface area contributed by atoms with Gasteiger partial charge >= 0.3 is 0 Å². The molecule has 0 amide bonds. The highest BCUT2D eigenvalue weighted by atomic mass is 16.5. The molecular weight excluding hydrogens is 212 g/mol. The third-order valence-corrected chi connectivity index (χ3v) is 3.34. The molecule has 3 heteroatoms. The lowest BCUT2D eigenvalue weighted by molar-refractivity contribution is 0.237. The van der Waals surface area contributed by atoms with Crippen molar-refractivity contribution in [3.63, 3.8) is 0 Å². The Balaban J connectivity index is 1.81. The zero-order chi connectivity index (χ0) is 12.1. The number of hydrogen-bond acceptors (Lipinski definition) is 3. The molecule has 3 nitrogen and oxygen atoms in total. The second-order valence-corrected chi connectivity index (χ2v) is 4.70. The van der Waals surface area contributed by atoms with Crippen LogP contribution in [0.15, 0.2) is 18.2 Å². The molecule has 0 unspecified atom stereocenters. The molecule has 0 radical (unpaired) electrons. The molecule has 17 heavy (non-hydrogen) atoms. The molecule has 0 aromatic heterocycles. The van der Waals surface area contributed by atoms with Crippen molar-refractivity contribution in [3.8, 4) is 5.75 Å². The summed E-state index contributed by atoms with van der Waals surface area (Å²) >= 11 is 0. The van der Waals surface area contributed by atoms with Gasteiger partial charge < -0.3 is 10.5 Å². The second-order valence-electron chi connectivity index (χ2n) is 4.70. The molecule has 1 fully saturated rings. The lowest BCUT2D eigenvalue weighted by atomic mass is 10.1. The minimum Gasteiger partial charge on any atom is -0.492 e. The fraction of sp³-hybridized carbons (Fsp3) is 0.571. The smallest absolute Gasteiger partial charge is 0.122 e. The van der Waals surface area contributed by atoms with E-state index in [2.05, 4.69) is 17.9 Å². The van der Waals surface area contributed by atoms with Gasteiger partial charge in [0.15, 0.2) is 0 Å². The van der Waals surface area contributed by atoms with Gasteiger partial charge in [0.05, 0.1) is 0 Å². The maximum atomic E-state index is 5.82. The zero-order valence-electron chi connectivity index (χ0n) is 10.6. The number of hydrogen-bond donors (Lipinski definition) is 1. The Bertz CT molecular complexity index is 359. The number of rotatable bonds is 5. The number of nitrogens with two attached hydrogens (primary N) is 1. The van der Waals surface area contributed by atoms with Crippen molar-refractivity contribution in [2.24, 2.45) is 5.73 Å². The highest BCUT2D eigenvalue weighted by molar-refractivity contribution is 5.36. The fourth-order valence-corrected chi connectivity index (χ4v) is 2.29. The van der Waals surface area contributed by atoms with E-state index in [1.54, 1.807) is 0 Å². The largest absolute Gasteiger partial charge is 0.492 e. The molecule has 0 spiro atoms. The molecule has 1 aromatic carbocycles. The van der Waals surface area contributed by atoms with Gasteiger partial charge in [-0.15, -0.1) is 0 Å². The van der Waals surface area contributed by atoms with Crippen molar-refractivity contribution >= 4 is 0 Å². The predicted molar refractivity (Wildman–Crippen MR) is 70.2 cm³/mol. The van der Waals surface area contributed by atoms with Crippen LogP contribution in [-0.4, -0.2) is 31.1 Å². The molecule has 0 bridgehead atoms. The van der Waals surface area contributed by atoms with Crippen LogP contribution in [0.2, 0.25) is 0 Å². The van der Waals surface area contributed by atoms with Crippen molar-refractivity contribution in [2.75, 3.05) is 26.2 Å². The quantitative estimate of drug-likeness (QED) is 0.846. The van der Waals surface area contributed by atoms with E-state index < -0.39 is 0 Å². The van der Waals surface area contributed by atoms with E-state index in [0.29, 0.717) is 6.54 Å². The first-order valence-corrected chi connectivity index (χ1v) is 6.44. The molecule has 0 saturated carbocycles. The second kappa shape index (κ2) is 6.03. The van der Waals surface area contributed by atoms with Gasteiger partial charge in [-0.1, -0.05) is 12.1 Å². The summed E-state index contributed by atoms with van der Waals surface area (Å²) in [5.41, 5.74) is 7.94. The summed E-state index contributed by atoms with van der Waals surface area (Å²) in [6, 6.07) is 6.17. The van der Waals surface area contributed by atoms with Crippen molar-refractivity contribution in [2.45, 2.75) is 26.3 Å². The summed E-state index contributed by atoms with van der Waals surface area (Å²) in [4.78, 5) is 2.46. The molecule has 0 atom stereocenters. The highest BCUT2D eigenvalue weighted by Gasteiger charge is 2.11. The Hall–Kier alpha value is -1.06. The summed E-state index contributed by atoms with van der Waals surface area (Å²) < 4.78 is 5.82. The van der Waals surface area contributed by atoms with Crippen LogP contribution >= 0.6 is 0 Å². The Kier molecular flexibility index (Phi) is 4.40. The van der Waals surface area contributed by atoms with Gasteiger partial charge in [0.1, 0.15) is 12.4 Å². The number of aryl methyl sites for hydroxylation is 1. The highest BCUT2D eigenvalue weighted by Crippen LogP contribution is 2.19. The maximum Gasteiger partial charge on any atom is 0.122 e. The number of ether oxygens (including phenoxy) is 1. The zero-order valence-corrected chi connectivity index (χ0v) is 10.6. The first-order chi connectivity index (χ1) is 8.29. The van der Waals surface area contributed by atoms with Gasteiger partial charge in [-0.25, -0.2) is 0 Å². The average Bonchev–Trinajstić information content (AvgIpc) is 2.84. The van der Waals surface area contributed by atoms with E-state index in [1.165, 1.54) is 31.5 Å². The summed E-state index contributed by atoms with van der Waals surface area (Å²) in [6.45, 7) is 6.95. The Morgan fingerprint density at radius 2 is 2.06 bits per heavy atom. The summed E-state index contributed by atoms with van der Waals surface area (Å²) in [7, 11) is 0. The minimum absolute atomic E-state index is 0.592. The van der Waals surface area contributed by atoms with E-state index in [9.17, 15) is 0 Å². The van der Waals surface area contributed by atoms with Crippen molar-refractivity contribution in [3.05, 3.63) is 29.3 Å². The summed E-state index contributed by atoms with van der Waals surface area (Å²) in [6.07, 6.45) is 2.68. The van der Waals surface area contributed by atoms with Gasteiger partial charge in [-0.2, -0.15) is 0 Å². The minimum atomic E-state index is 0.592. The van der Waals surface area contributed by atoms with Crippen LogP contribution in [0.3, 0.4) is 0 Å². The summed E-state index contributed by atoms with van der Waals surface area (Å²) in [5, 5.41) is 0. The monoisotopic (exact) mass is 234 g/mol. The average molecular weight is 234 g/mol. The van der Waals surface area contributed by atoms with Crippen LogP contribution in [-0.2, 0) is 6.54 Å². The molecule has 1 heterocycles. The normalized spacial score (nSPS) is 16.4. The van der Waals surface area contributed by atoms with Crippen LogP contribution in [0.4, 0.5) is 0 Å². The molecule has 2 rings (SSSR count). The van der Waals surface area contributed by atoms with Crippen LogP contribution < -0.4 is 10.5 Å². The van der Waals surface area contributed by atoms with Gasteiger partial charge in [0, 0.05) is 13.1 Å². The third kappa shape index (κ3) is 3.45. The molecule has 1 aliphatic rings. The van der Waals surface area contributed by atoms with E-state index in [4.69, 9.17) is 10.5 Å². The Labute approximate surface area is 104 Å². The third-order valence-electron chi connectivity index (χ3n) is 3.34. The standard InChI is InChI=1S/C14H22N2O/c1-12-10-13(11-15)4-5-14(12)17-9-8-16-6-2-3-7-16/h4-5,10H,2-3,6-9,11,15H2,1H3. The lowest BCUT2D eigenvalue weighted by Gasteiger charge is -2.16. The van der Waals surface area contributed by atoms with Crippen molar-refractivity contribution in [1.82, 2.24) is 4.90 Å². The van der Waals surface area contributed by atoms with E-state index in [-0.39, 0.29) is 0 Å². The number of nitrogens with zero attached hydrogens (tertiary/aromatic N) is 1. The first kappa shape index (κ1) is 12.4. The first-order valence-electron chi connectivity index (χ1n) is 6.44. The molecule has 0 aliphatic carbocycles. The van der Waals surface area contributed by atoms with Crippen LogP contribution in [0.25, 0.3) is 0 Å². The maximum absolute atomic E-state index is 5.82. The van der Waals surface area contributed by atoms with E-state index in [1.807, 2.05) is 12.1 Å². The van der Waals surface area contributed by atoms with Gasteiger partial charge in [0.2, 0.25) is 0 Å². The number of likely N-dealkylation sites (tertiary alicyclic amines) is 1. The van der Waals surface area contributed by atoms with Crippen LogP contribution in [0.5, 0.6) is 5.75 Å².